The van der Waals surface area contributed by atoms with Crippen molar-refractivity contribution in [3.8, 4) is 11.5 Å². The predicted octanol–water partition coefficient (Wildman–Crippen LogP) is 2.43. The lowest BCUT2D eigenvalue weighted by atomic mass is 9.83. The van der Waals surface area contributed by atoms with Crippen LogP contribution in [0.5, 0.6) is 11.5 Å². The van der Waals surface area contributed by atoms with Gasteiger partial charge in [0.05, 0.1) is 19.1 Å². The van der Waals surface area contributed by atoms with Crippen LogP contribution >= 0.6 is 0 Å². The number of carboxylic acid groups (broad SMARTS) is 1. The monoisotopic (exact) mass is 609 g/mol. The maximum Gasteiger partial charge on any atom is 0.319 e. The number of aliphatic hydroxyl groups excluding tert-OH is 1. The Morgan fingerprint density at radius 1 is 1.16 bits per heavy atom. The number of carboxylic acids is 1. The molecule has 44 heavy (non-hydrogen) atoms. The van der Waals surface area contributed by atoms with Crippen molar-refractivity contribution in [3.05, 3.63) is 53.1 Å². The molecule has 3 aliphatic heterocycles. The summed E-state index contributed by atoms with van der Waals surface area (Å²) in [6, 6.07) is 10.6. The minimum absolute atomic E-state index is 0.0206. The summed E-state index contributed by atoms with van der Waals surface area (Å²) in [5.74, 6) is -1.49. The Morgan fingerprint density at radius 3 is 2.66 bits per heavy atom. The van der Waals surface area contributed by atoms with Crippen LogP contribution in [0.3, 0.4) is 0 Å². The number of unbranched alkanes of at least 4 members (excludes halogenated alkanes) is 1. The molecule has 0 bridgehead atoms. The molecule has 0 radical (unpaired) electrons. The number of carbonyl (C=O) groups is 3. The van der Waals surface area contributed by atoms with Gasteiger partial charge in [-0.1, -0.05) is 25.5 Å². The van der Waals surface area contributed by atoms with Crippen LogP contribution in [0.25, 0.3) is 0 Å². The van der Waals surface area contributed by atoms with Crippen molar-refractivity contribution in [3.63, 3.8) is 0 Å². The van der Waals surface area contributed by atoms with Crippen molar-refractivity contribution < 1.29 is 34.1 Å². The summed E-state index contributed by atoms with van der Waals surface area (Å²) in [7, 11) is 1.75. The third-order valence-corrected chi connectivity index (χ3v) is 9.03. The first-order chi connectivity index (χ1) is 21.2. The van der Waals surface area contributed by atoms with E-state index in [1.807, 2.05) is 29.2 Å². The van der Waals surface area contributed by atoms with Gasteiger partial charge in [-0.25, -0.2) is 4.79 Å². The molecule has 5 rings (SSSR count). The molecule has 2 aromatic rings. The molecule has 0 unspecified atom stereocenters. The van der Waals surface area contributed by atoms with Gasteiger partial charge in [-0.15, -0.1) is 0 Å². The fraction of sp³-hybridized carbons (Fsp3) is 0.531. The molecule has 2 saturated heterocycles. The van der Waals surface area contributed by atoms with Gasteiger partial charge < -0.3 is 40.1 Å². The lowest BCUT2D eigenvalue weighted by Gasteiger charge is -2.31. The smallest absolute Gasteiger partial charge is 0.319 e. The van der Waals surface area contributed by atoms with Crippen LogP contribution < -0.4 is 20.1 Å². The molecule has 12 nitrogen and oxygen atoms in total. The first-order valence-electron chi connectivity index (χ1n) is 15.3. The van der Waals surface area contributed by atoms with E-state index >= 15 is 0 Å². The highest BCUT2D eigenvalue weighted by Crippen LogP contribution is 2.44. The zero-order valence-electron chi connectivity index (χ0n) is 25.5. The lowest BCUT2D eigenvalue weighted by Crippen LogP contribution is -2.46. The number of aliphatic carboxylic acids is 1. The predicted molar refractivity (Wildman–Crippen MR) is 164 cm³/mol. The molecule has 12 heteroatoms. The van der Waals surface area contributed by atoms with Crippen molar-refractivity contribution in [2.45, 2.75) is 51.3 Å². The highest BCUT2D eigenvalue weighted by Gasteiger charge is 2.48. The van der Waals surface area contributed by atoms with Crippen molar-refractivity contribution in [1.29, 1.82) is 0 Å². The van der Waals surface area contributed by atoms with Gasteiger partial charge in [0.2, 0.25) is 12.7 Å². The highest BCUT2D eigenvalue weighted by atomic mass is 16.7. The molecule has 4 N–H and O–H groups in total. The van der Waals surface area contributed by atoms with Gasteiger partial charge in [0.1, 0.15) is 0 Å². The maximum atomic E-state index is 14.0. The molecule has 3 heterocycles. The molecule has 0 aliphatic carbocycles. The number of likely N-dealkylation sites (tertiary alicyclic amines) is 1. The number of nitrogens with two attached hydrogens (primary N) is 1. The number of ether oxygens (including phenoxy) is 2. The number of carbonyl (C=O) groups excluding carboxylic acids is 2. The van der Waals surface area contributed by atoms with Gasteiger partial charge in [0.25, 0.3) is 0 Å². The highest BCUT2D eigenvalue weighted by molar-refractivity contribution is 5.95. The molecule has 0 aromatic heterocycles. The summed E-state index contributed by atoms with van der Waals surface area (Å²) in [4.78, 5) is 46.8. The lowest BCUT2D eigenvalue weighted by molar-refractivity contribution is -0.143. The fourth-order valence-corrected chi connectivity index (χ4v) is 6.65. The normalized spacial score (nSPS) is 21.4. The van der Waals surface area contributed by atoms with Crippen LogP contribution in [0.15, 0.2) is 36.4 Å². The Bertz CT molecular complexity index is 1370. The van der Waals surface area contributed by atoms with Gasteiger partial charge in [-0.05, 0) is 48.2 Å². The topological polar surface area (TPSA) is 149 Å². The van der Waals surface area contributed by atoms with E-state index in [4.69, 9.17) is 15.2 Å². The Kier molecular flexibility index (Phi) is 9.92. The molecular weight excluding hydrogens is 566 g/mol. The summed E-state index contributed by atoms with van der Waals surface area (Å²) < 4.78 is 11.1. The Labute approximate surface area is 257 Å². The zero-order valence-corrected chi connectivity index (χ0v) is 25.5. The summed E-state index contributed by atoms with van der Waals surface area (Å²) in [5.41, 5.74) is 8.81. The van der Waals surface area contributed by atoms with Crippen LogP contribution in [0.1, 0.15) is 48.8 Å². The average molecular weight is 610 g/mol. The summed E-state index contributed by atoms with van der Waals surface area (Å²) in [6.45, 7) is 4.62. The number of nitrogens with zero attached hydrogens (tertiary/aromatic N) is 4. The number of fused-ring (bicyclic) bond motifs is 1. The molecule has 2 aromatic carbocycles. The SMILES string of the molecule is CCCCN(C(=O)CN1C[C@H](c2cc(CO)c3c(c2)OCO3)[C@@H](C(=O)O)[C@@H]1CCN1CCN(C)C1=O)c1cccc(CN)c1. The van der Waals surface area contributed by atoms with Gasteiger partial charge in [0.15, 0.2) is 11.5 Å². The summed E-state index contributed by atoms with van der Waals surface area (Å²) >= 11 is 0. The van der Waals surface area contributed by atoms with Crippen molar-refractivity contribution in [1.82, 2.24) is 14.7 Å². The Morgan fingerprint density at radius 2 is 1.98 bits per heavy atom. The van der Waals surface area contributed by atoms with Crippen molar-refractivity contribution >= 4 is 23.6 Å². The van der Waals surface area contributed by atoms with Crippen molar-refractivity contribution in [2.24, 2.45) is 11.7 Å². The second kappa shape index (κ2) is 13.8. The second-order valence-electron chi connectivity index (χ2n) is 11.8. The van der Waals surface area contributed by atoms with Gasteiger partial charge in [-0.3, -0.25) is 14.5 Å². The van der Waals surface area contributed by atoms with E-state index in [9.17, 15) is 24.6 Å². The summed E-state index contributed by atoms with van der Waals surface area (Å²) in [6.07, 6.45) is 2.12. The molecule has 3 amide bonds. The molecule has 238 valence electrons. The van der Waals surface area contributed by atoms with E-state index in [0.717, 1.165) is 24.1 Å². The van der Waals surface area contributed by atoms with Crippen LogP contribution in [-0.4, -0.2) is 102 Å². The number of rotatable bonds is 13. The maximum absolute atomic E-state index is 14.0. The van der Waals surface area contributed by atoms with Crippen LogP contribution in [0.2, 0.25) is 0 Å². The Hall–Kier alpha value is -3.87. The second-order valence-corrected chi connectivity index (χ2v) is 11.8. The van der Waals surface area contributed by atoms with Crippen LogP contribution in [0.4, 0.5) is 10.5 Å². The van der Waals surface area contributed by atoms with E-state index in [-0.39, 0.29) is 31.9 Å². The van der Waals surface area contributed by atoms with Gasteiger partial charge >= 0.3 is 12.0 Å². The zero-order chi connectivity index (χ0) is 31.4. The van der Waals surface area contributed by atoms with E-state index in [1.54, 1.807) is 33.9 Å². The standard InChI is InChI=1S/C32H43N5O7/c1-3-4-9-37(24-7-5-6-21(13-24)16-33)28(39)18-36-17-25(22-14-23(19-38)30-27(15-22)43-20-44-30)29(31(40)41)26(36)8-10-35-12-11-34(2)32(35)42/h5-7,13-15,25-26,29,38H,3-4,8-12,16-20,33H2,1-2H3,(H,40,41)/t25-,26+,29-/m1/s1. The first kappa shape index (κ1) is 31.6. The molecule has 3 atom stereocenters. The van der Waals surface area contributed by atoms with E-state index < -0.39 is 23.8 Å². The van der Waals surface area contributed by atoms with Crippen molar-refractivity contribution in [2.75, 3.05) is 58.0 Å². The third-order valence-electron chi connectivity index (χ3n) is 9.03. The van der Waals surface area contributed by atoms with E-state index in [0.29, 0.717) is 68.3 Å². The molecule has 0 spiro atoms. The van der Waals surface area contributed by atoms with Crippen LogP contribution in [0, 0.1) is 5.92 Å². The quantitative estimate of drug-likeness (QED) is 0.311. The van der Waals surface area contributed by atoms with E-state index in [2.05, 4.69) is 6.92 Å². The molecule has 0 saturated carbocycles. The third kappa shape index (κ3) is 6.47. The number of hydrogen-bond acceptors (Lipinski definition) is 8. The molecular formula is C32H43N5O7. The number of benzene rings is 2. The molecule has 2 fully saturated rings. The minimum atomic E-state index is -0.971. The van der Waals surface area contributed by atoms with E-state index in [1.165, 1.54) is 0 Å². The van der Waals surface area contributed by atoms with Crippen LogP contribution in [-0.2, 0) is 22.7 Å². The fourth-order valence-electron chi connectivity index (χ4n) is 6.65. The number of anilines is 1. The largest absolute Gasteiger partial charge is 0.481 e. The van der Waals surface area contributed by atoms with Gasteiger partial charge in [0, 0.05) is 69.5 Å². The number of likely N-dealkylation sites (N-methyl/N-ethyl adjacent to an activating group) is 1. The van der Waals surface area contributed by atoms with Gasteiger partial charge in [-0.2, -0.15) is 0 Å². The first-order valence-corrected chi connectivity index (χ1v) is 15.3. The number of hydrogen-bond donors (Lipinski definition) is 3. The average Bonchev–Trinajstić information content (AvgIpc) is 3.73. The number of amides is 3. The Balaban J connectivity index is 1.46. The summed E-state index contributed by atoms with van der Waals surface area (Å²) in [5, 5.41) is 20.6. The number of urea groups is 1. The number of aliphatic hydroxyl groups is 1. The molecule has 3 aliphatic rings. The minimum Gasteiger partial charge on any atom is -0.481 e.